The summed E-state index contributed by atoms with van der Waals surface area (Å²) in [5.74, 6) is 0.530. The Labute approximate surface area is 221 Å². The summed E-state index contributed by atoms with van der Waals surface area (Å²) in [5.41, 5.74) is 3.61. The van der Waals surface area contributed by atoms with E-state index in [0.717, 1.165) is 18.4 Å². The van der Waals surface area contributed by atoms with Gasteiger partial charge >= 0.3 is 0 Å². The fraction of sp³-hybridized carbons (Fsp3) is 0.375. The third kappa shape index (κ3) is 6.59. The van der Waals surface area contributed by atoms with E-state index in [-0.39, 0.29) is 23.3 Å². The summed E-state index contributed by atoms with van der Waals surface area (Å²) >= 11 is 0. The van der Waals surface area contributed by atoms with Gasteiger partial charge in [-0.05, 0) is 60.1 Å². The van der Waals surface area contributed by atoms with Gasteiger partial charge in [-0.15, -0.1) is 0 Å². The second kappa shape index (κ2) is 11.6. The van der Waals surface area contributed by atoms with Gasteiger partial charge in [0.15, 0.2) is 0 Å². The molecular weight excluding hydrogens is 460 g/mol. The van der Waals surface area contributed by atoms with E-state index in [1.807, 2.05) is 66.5 Å². The SMILES string of the molecule is CN1CCCCN(C(=O)c2ccc(C(C)(C)C)cc2)[C@H](Cc2ccccc2)COc2ccccc2C1=O. The lowest BCUT2D eigenvalue weighted by molar-refractivity contribution is 0.0590. The van der Waals surface area contributed by atoms with Gasteiger partial charge in [-0.1, -0.05) is 75.4 Å². The van der Waals surface area contributed by atoms with Gasteiger partial charge in [-0.2, -0.15) is 0 Å². The Morgan fingerprint density at radius 2 is 1.54 bits per heavy atom. The van der Waals surface area contributed by atoms with Gasteiger partial charge in [-0.25, -0.2) is 0 Å². The van der Waals surface area contributed by atoms with Gasteiger partial charge in [0.25, 0.3) is 11.8 Å². The molecule has 0 N–H and O–H groups in total. The zero-order chi connectivity index (χ0) is 26.4. The summed E-state index contributed by atoms with van der Waals surface area (Å²) in [5, 5.41) is 0. The fourth-order valence-corrected chi connectivity index (χ4v) is 4.77. The molecule has 2 amide bonds. The molecule has 0 unspecified atom stereocenters. The predicted octanol–water partition coefficient (Wildman–Crippen LogP) is 5.98. The van der Waals surface area contributed by atoms with Crippen LogP contribution in [-0.4, -0.2) is 54.4 Å². The van der Waals surface area contributed by atoms with Crippen molar-refractivity contribution in [1.29, 1.82) is 0 Å². The molecule has 1 aliphatic heterocycles. The van der Waals surface area contributed by atoms with Crippen molar-refractivity contribution in [2.45, 2.75) is 51.5 Å². The van der Waals surface area contributed by atoms with Crippen LogP contribution in [0, 0.1) is 0 Å². The van der Waals surface area contributed by atoms with Gasteiger partial charge in [0, 0.05) is 25.7 Å². The first-order valence-electron chi connectivity index (χ1n) is 13.2. The van der Waals surface area contributed by atoms with Crippen LogP contribution in [0.5, 0.6) is 5.75 Å². The maximum Gasteiger partial charge on any atom is 0.257 e. The van der Waals surface area contributed by atoms with Crippen molar-refractivity contribution >= 4 is 11.8 Å². The van der Waals surface area contributed by atoms with Crippen LogP contribution in [0.15, 0.2) is 78.9 Å². The van der Waals surface area contributed by atoms with E-state index in [1.165, 1.54) is 5.56 Å². The number of hydrogen-bond donors (Lipinski definition) is 0. The van der Waals surface area contributed by atoms with E-state index in [1.54, 1.807) is 4.90 Å². The maximum atomic E-state index is 13.9. The molecular formula is C32H38N2O3. The van der Waals surface area contributed by atoms with Crippen LogP contribution in [0.4, 0.5) is 0 Å². The fourth-order valence-electron chi connectivity index (χ4n) is 4.77. The normalized spacial score (nSPS) is 17.3. The molecule has 5 nitrogen and oxygen atoms in total. The van der Waals surface area contributed by atoms with Crippen molar-refractivity contribution in [3.63, 3.8) is 0 Å². The van der Waals surface area contributed by atoms with Crippen LogP contribution in [0.2, 0.25) is 0 Å². The molecule has 0 saturated carbocycles. The average Bonchev–Trinajstić information content (AvgIpc) is 2.90. The molecule has 1 heterocycles. The summed E-state index contributed by atoms with van der Waals surface area (Å²) in [6, 6.07) is 25.4. The number of carbonyl (C=O) groups is 2. The molecule has 3 aromatic carbocycles. The molecule has 0 bridgehead atoms. The molecule has 0 fully saturated rings. The van der Waals surface area contributed by atoms with Crippen molar-refractivity contribution in [3.8, 4) is 5.75 Å². The van der Waals surface area contributed by atoms with Gasteiger partial charge in [0.2, 0.25) is 0 Å². The largest absolute Gasteiger partial charge is 0.491 e. The van der Waals surface area contributed by atoms with Crippen LogP contribution in [0.1, 0.15) is 65.5 Å². The maximum absolute atomic E-state index is 13.9. The van der Waals surface area contributed by atoms with Crippen molar-refractivity contribution in [2.24, 2.45) is 0 Å². The predicted molar refractivity (Wildman–Crippen MR) is 148 cm³/mol. The molecule has 4 rings (SSSR count). The topological polar surface area (TPSA) is 49.9 Å². The van der Waals surface area contributed by atoms with Gasteiger partial charge in [0.05, 0.1) is 11.6 Å². The van der Waals surface area contributed by atoms with E-state index in [2.05, 4.69) is 45.0 Å². The Kier molecular flexibility index (Phi) is 8.32. The first-order valence-corrected chi connectivity index (χ1v) is 13.2. The Morgan fingerprint density at radius 3 is 2.24 bits per heavy atom. The van der Waals surface area contributed by atoms with E-state index in [4.69, 9.17) is 4.74 Å². The van der Waals surface area contributed by atoms with E-state index in [9.17, 15) is 9.59 Å². The van der Waals surface area contributed by atoms with Gasteiger partial charge in [-0.3, -0.25) is 9.59 Å². The molecule has 5 heteroatoms. The van der Waals surface area contributed by atoms with Crippen molar-refractivity contribution < 1.29 is 14.3 Å². The highest BCUT2D eigenvalue weighted by Crippen LogP contribution is 2.25. The molecule has 0 radical (unpaired) electrons. The van der Waals surface area contributed by atoms with Crippen LogP contribution in [-0.2, 0) is 11.8 Å². The number of benzene rings is 3. The molecule has 0 aromatic heterocycles. The highest BCUT2D eigenvalue weighted by Gasteiger charge is 2.28. The molecule has 37 heavy (non-hydrogen) atoms. The highest BCUT2D eigenvalue weighted by atomic mass is 16.5. The third-order valence-electron chi connectivity index (χ3n) is 7.05. The lowest BCUT2D eigenvalue weighted by Gasteiger charge is -2.33. The second-order valence-electron chi connectivity index (χ2n) is 10.9. The molecule has 3 aromatic rings. The van der Waals surface area contributed by atoms with E-state index >= 15 is 0 Å². The van der Waals surface area contributed by atoms with E-state index < -0.39 is 0 Å². The monoisotopic (exact) mass is 498 g/mol. The summed E-state index contributed by atoms with van der Waals surface area (Å²) in [7, 11) is 1.82. The third-order valence-corrected chi connectivity index (χ3v) is 7.05. The van der Waals surface area contributed by atoms with Gasteiger partial charge < -0.3 is 14.5 Å². The standard InChI is InChI=1S/C32H38N2O3/c1-32(2,3)26-18-16-25(17-19-26)30(35)34-21-11-10-20-33(4)31(36)28-14-8-9-15-29(28)37-23-27(34)22-24-12-6-5-7-13-24/h5-9,12-19,27H,10-11,20-23H2,1-4H3/t27-/m1/s1. The number of nitrogens with zero attached hydrogens (tertiary/aromatic N) is 2. The highest BCUT2D eigenvalue weighted by molar-refractivity contribution is 5.97. The smallest absolute Gasteiger partial charge is 0.257 e. The number of ether oxygens (including phenoxy) is 1. The lowest BCUT2D eigenvalue weighted by atomic mass is 9.86. The molecule has 194 valence electrons. The average molecular weight is 499 g/mol. The zero-order valence-electron chi connectivity index (χ0n) is 22.4. The van der Waals surface area contributed by atoms with Crippen molar-refractivity contribution in [2.75, 3.05) is 26.7 Å². The van der Waals surface area contributed by atoms with Crippen LogP contribution in [0.3, 0.4) is 0 Å². The van der Waals surface area contributed by atoms with Crippen molar-refractivity contribution in [1.82, 2.24) is 9.80 Å². The van der Waals surface area contributed by atoms with E-state index in [0.29, 0.717) is 43.0 Å². The number of hydrogen-bond acceptors (Lipinski definition) is 3. The minimum atomic E-state index is -0.183. The van der Waals surface area contributed by atoms with Crippen LogP contribution in [0.25, 0.3) is 0 Å². The zero-order valence-corrected chi connectivity index (χ0v) is 22.4. The number of carbonyl (C=O) groups excluding carboxylic acids is 2. The first-order chi connectivity index (χ1) is 17.7. The summed E-state index contributed by atoms with van der Waals surface area (Å²) in [6.45, 7) is 8.05. The molecule has 1 atom stereocenters. The minimum Gasteiger partial charge on any atom is -0.491 e. The summed E-state index contributed by atoms with van der Waals surface area (Å²) in [6.07, 6.45) is 2.29. The molecule has 1 aliphatic rings. The Morgan fingerprint density at radius 1 is 0.892 bits per heavy atom. The molecule has 0 aliphatic carbocycles. The quantitative estimate of drug-likeness (QED) is 0.446. The number of para-hydroxylation sites is 1. The van der Waals surface area contributed by atoms with Crippen LogP contribution < -0.4 is 4.74 Å². The first kappa shape index (κ1) is 26.5. The lowest BCUT2D eigenvalue weighted by Crippen LogP contribution is -2.46. The van der Waals surface area contributed by atoms with Crippen LogP contribution >= 0.6 is 0 Å². The Bertz CT molecular complexity index is 1200. The number of amides is 2. The minimum absolute atomic E-state index is 0.0137. The molecule has 0 saturated heterocycles. The number of fused-ring (bicyclic) bond motifs is 1. The Balaban J connectivity index is 1.68. The van der Waals surface area contributed by atoms with Gasteiger partial charge in [0.1, 0.15) is 12.4 Å². The summed E-state index contributed by atoms with van der Waals surface area (Å²) < 4.78 is 6.30. The molecule has 0 spiro atoms. The second-order valence-corrected chi connectivity index (χ2v) is 10.9. The number of rotatable bonds is 3. The van der Waals surface area contributed by atoms with Crippen molar-refractivity contribution in [3.05, 3.63) is 101 Å². The summed E-state index contributed by atoms with van der Waals surface area (Å²) in [4.78, 5) is 30.7. The Hall–Kier alpha value is -3.60.